The molecule has 9 aliphatic rings. The maximum atomic E-state index is 12.6. The van der Waals surface area contributed by atoms with Crippen LogP contribution >= 0.6 is 0 Å². The molecular formula is C119H144N16O10. The molecule has 2 aliphatic heterocycles. The van der Waals surface area contributed by atoms with Gasteiger partial charge in [-0.3, -0.25) is 53.7 Å². The average Bonchev–Trinajstić information content (AvgIpc) is 1.64. The fourth-order valence-corrected chi connectivity index (χ4v) is 21.7. The molecule has 7 heterocycles. The number of hydrogen-bond donors (Lipinski definition) is 9. The number of aromatic nitrogens is 7. The molecule has 12 aromatic rings. The molecule has 7 amide bonds. The first kappa shape index (κ1) is 105. The van der Waals surface area contributed by atoms with Crippen LogP contribution in [0.2, 0.25) is 0 Å². The monoisotopic (exact) mass is 1960 g/mol. The Morgan fingerprint density at radius 3 is 1.21 bits per heavy atom. The van der Waals surface area contributed by atoms with Crippen LogP contribution in [0.25, 0.3) is 0 Å². The van der Waals surface area contributed by atoms with Crippen molar-refractivity contribution < 1.29 is 47.1 Å². The number of nitrogens with one attached hydrogen (secondary N) is 9. The predicted molar refractivity (Wildman–Crippen MR) is 577 cm³/mol. The molecule has 26 nitrogen and oxygen atoms in total. The number of rotatable bonds is 14. The van der Waals surface area contributed by atoms with Gasteiger partial charge in [0.25, 0.3) is 41.4 Å². The molecule has 7 aliphatic carbocycles. The number of carbonyl (C=O) groups excluding carboxylic acids is 7. The smallest absolute Gasteiger partial charge is 0.278 e. The van der Waals surface area contributed by atoms with Gasteiger partial charge in [-0.25, -0.2) is 0 Å². The Bertz CT molecular complexity index is 6610. The molecular weight excluding hydrogens is 1810 g/mol. The molecule has 5 aromatic heterocycles. The van der Waals surface area contributed by atoms with E-state index >= 15 is 0 Å². The van der Waals surface area contributed by atoms with Gasteiger partial charge in [0.05, 0.1) is 6.54 Å². The van der Waals surface area contributed by atoms with Crippen molar-refractivity contribution in [3.8, 4) is 0 Å². The van der Waals surface area contributed by atoms with Gasteiger partial charge in [0.2, 0.25) is 0 Å². The van der Waals surface area contributed by atoms with Crippen LogP contribution in [0.1, 0.15) is 323 Å². The number of fused-ring (bicyclic) bond motifs is 6. The van der Waals surface area contributed by atoms with Crippen molar-refractivity contribution in [2.75, 3.05) is 50.3 Å². The Hall–Kier alpha value is -14.0. The van der Waals surface area contributed by atoms with Crippen LogP contribution in [0.3, 0.4) is 0 Å². The fourth-order valence-electron chi connectivity index (χ4n) is 21.7. The lowest BCUT2D eigenvalue weighted by Gasteiger charge is -2.26. The summed E-state index contributed by atoms with van der Waals surface area (Å²) in [5.74, 6) is 4.86. The van der Waals surface area contributed by atoms with Gasteiger partial charge < -0.3 is 50.8 Å². The third-order valence-corrected chi connectivity index (χ3v) is 29.5. The summed E-state index contributed by atoms with van der Waals surface area (Å²) in [6.07, 6.45) is 26.8. The van der Waals surface area contributed by atoms with Gasteiger partial charge in [-0.1, -0.05) is 140 Å². The van der Waals surface area contributed by atoms with Gasteiger partial charge in [-0.15, -0.1) is 0 Å². The van der Waals surface area contributed by atoms with E-state index in [4.69, 9.17) is 13.6 Å². The molecule has 0 spiro atoms. The standard InChI is InChI=1S/C19H24N2O.C18H22N2O2.C18H24N2O.2C16H19N3O.2C16H18N2O2/c1-11-7-14(4)17-10-20-18(16(17)8-11)19(22)21-15-6-5-12(2)13(3)9-15;1-10-7-13(4)17-15(8-10)16(20-22-17)18(21)19-14-6-5-11(2)12(3)9-14;1-12-8-9-16(13(2)10-12)20-18(21)17-15-7-5-3-4-6-14(15)11-19-17;1-10-7-11(2)9-12(8-10)17-16(20)15-13-5-3-4-6-14(13)18-19-15;1-10-7-8-13(11(2)9-10)17-16(20)15-12-5-3-4-6-14(12)18-19-15;1-10-7-11(2)9-12(8-10)17-16(19)15-13-5-3-4-6-14(13)20-18-15;1-10-7-8-13(11(2)9-10)17-16(19)15-12-5-3-4-6-14(12)20-18-15/h5-6,9,11,14H,7-8,10H2,1-4H3,(H,21,22);5-6,9-10,13H,7-8H2,1-4H3,(H,19,21);8-10,14-15H,3-7,11H2,1-2H3,(H,20,21);2*7-9H,3-6H2,1-2H3,(H,17,20)(H,18,19);2*7-9H,3-6H2,1-2H3,(H,17,19). The summed E-state index contributed by atoms with van der Waals surface area (Å²) in [7, 11) is 0. The number of amides is 7. The summed E-state index contributed by atoms with van der Waals surface area (Å²) in [6.45, 7) is 38.9. The molecule has 145 heavy (non-hydrogen) atoms. The summed E-state index contributed by atoms with van der Waals surface area (Å²) in [6, 6.07) is 42.0. The van der Waals surface area contributed by atoms with E-state index in [1.165, 1.54) is 89.5 Å². The number of hydrogen-bond acceptors (Lipinski definition) is 17. The highest BCUT2D eigenvalue weighted by Gasteiger charge is 2.38. The number of nitrogens with zero attached hydrogens (tertiary/aromatic N) is 7. The van der Waals surface area contributed by atoms with Crippen LogP contribution < -0.4 is 37.2 Å². The normalized spacial score (nSPS) is 18.1. The highest BCUT2D eigenvalue weighted by molar-refractivity contribution is 6.49. The second-order valence-electron chi connectivity index (χ2n) is 41.9. The Morgan fingerprint density at radius 2 is 0.724 bits per heavy atom. The summed E-state index contributed by atoms with van der Waals surface area (Å²) >= 11 is 0. The van der Waals surface area contributed by atoms with Crippen molar-refractivity contribution in [1.29, 1.82) is 0 Å². The van der Waals surface area contributed by atoms with E-state index in [1.807, 2.05) is 172 Å². The molecule has 6 atom stereocenters. The zero-order chi connectivity index (χ0) is 103. The number of benzene rings is 7. The Morgan fingerprint density at radius 1 is 0.324 bits per heavy atom. The van der Waals surface area contributed by atoms with E-state index < -0.39 is 0 Å². The Labute approximate surface area is 852 Å². The molecule has 6 unspecified atom stereocenters. The van der Waals surface area contributed by atoms with Crippen LogP contribution in [-0.4, -0.2) is 102 Å². The first-order chi connectivity index (χ1) is 69.6. The number of H-pyrrole nitrogens is 2. The topological polar surface area (TPSA) is 364 Å². The highest BCUT2D eigenvalue weighted by atomic mass is 16.5. The van der Waals surface area contributed by atoms with Crippen LogP contribution in [0.15, 0.2) is 162 Å². The van der Waals surface area contributed by atoms with Crippen molar-refractivity contribution in [2.24, 2.45) is 39.6 Å². The molecule has 9 N–H and O–H groups in total. The zero-order valence-corrected chi connectivity index (χ0v) is 87.9. The number of anilines is 7. The molecule has 7 aromatic carbocycles. The third kappa shape index (κ3) is 26.8. The van der Waals surface area contributed by atoms with Gasteiger partial charge in [0.1, 0.15) is 28.7 Å². The summed E-state index contributed by atoms with van der Waals surface area (Å²) in [5.41, 5.74) is 35.9. The highest BCUT2D eigenvalue weighted by Crippen LogP contribution is 2.41. The minimum Gasteiger partial charge on any atom is -0.360 e. The second-order valence-corrected chi connectivity index (χ2v) is 41.9. The van der Waals surface area contributed by atoms with E-state index in [1.54, 1.807) is 0 Å². The van der Waals surface area contributed by atoms with E-state index in [2.05, 4.69) is 163 Å². The van der Waals surface area contributed by atoms with Crippen LogP contribution in [-0.2, 0) is 67.4 Å². The van der Waals surface area contributed by atoms with Crippen molar-refractivity contribution in [2.45, 2.75) is 291 Å². The first-order valence-electron chi connectivity index (χ1n) is 52.2. The molecule has 26 heteroatoms. The molecule has 0 radical (unpaired) electrons. The molecule has 1 saturated carbocycles. The van der Waals surface area contributed by atoms with E-state index in [0.717, 1.165) is 269 Å². The van der Waals surface area contributed by atoms with E-state index in [-0.39, 0.29) is 41.4 Å². The SMILES string of the molecule is Cc1cc(C)cc(NC(=O)c2n[nH]c3c2CCCC3)c1.Cc1cc(C)cc(NC(=O)c2noc3c2CCCC3)c1.Cc1ccc(NC(=O)C2=NCC3=C2CC(C)CC3C)cc1C.Cc1ccc(NC(=O)C2=NCC3CCCCCC23)c(C)c1.Cc1ccc(NC(=O)c2n[nH]c3c2CCCC3)c(C)c1.Cc1ccc(NC(=O)c2noc3c2CC(C)CC3C)cc1C.Cc1ccc(NC(=O)c2noc3c2CCCC3)c(C)c1. The molecule has 760 valence electrons. The largest absolute Gasteiger partial charge is 0.360 e. The maximum absolute atomic E-state index is 12.6. The van der Waals surface area contributed by atoms with Crippen molar-refractivity contribution in [3.63, 3.8) is 0 Å². The van der Waals surface area contributed by atoms with Gasteiger partial charge >= 0.3 is 0 Å². The second kappa shape index (κ2) is 48.1. The first-order valence-corrected chi connectivity index (χ1v) is 52.2. The Balaban J connectivity index is 0.000000127. The summed E-state index contributed by atoms with van der Waals surface area (Å²) in [5, 5.41) is 47.1. The zero-order valence-electron chi connectivity index (χ0n) is 87.9. The number of aliphatic imine (C=N–C) groups is 2. The molecule has 0 saturated heterocycles. The lowest BCUT2D eigenvalue weighted by Crippen LogP contribution is -2.30. The van der Waals surface area contributed by atoms with Gasteiger partial charge in [-0.2, -0.15) is 10.2 Å². The van der Waals surface area contributed by atoms with Crippen molar-refractivity contribution in [1.82, 2.24) is 35.9 Å². The quantitative estimate of drug-likeness (QED) is 0.0488. The van der Waals surface area contributed by atoms with Gasteiger partial charge in [0, 0.05) is 110 Å². The molecule has 1 fully saturated rings. The number of aryl methyl sites for hydroxylation is 18. The van der Waals surface area contributed by atoms with Crippen LogP contribution in [0.4, 0.5) is 39.8 Å². The third-order valence-electron chi connectivity index (χ3n) is 29.5. The molecule has 0 bridgehead atoms. The van der Waals surface area contributed by atoms with Crippen LogP contribution in [0.5, 0.6) is 0 Å². The van der Waals surface area contributed by atoms with E-state index in [9.17, 15) is 33.6 Å². The maximum Gasteiger partial charge on any atom is 0.278 e. The lowest BCUT2D eigenvalue weighted by atomic mass is 9.78. The van der Waals surface area contributed by atoms with Crippen molar-refractivity contribution in [3.05, 3.63) is 301 Å². The van der Waals surface area contributed by atoms with Gasteiger partial charge in [-0.05, 0) is 388 Å². The fraction of sp³-hybridized carbons (Fsp3) is 0.429. The number of carbonyl (C=O) groups is 7. The predicted octanol–water partition coefficient (Wildman–Crippen LogP) is 25.3. The van der Waals surface area contributed by atoms with E-state index in [0.29, 0.717) is 76.2 Å². The summed E-state index contributed by atoms with van der Waals surface area (Å²) in [4.78, 5) is 96.3. The van der Waals surface area contributed by atoms with Gasteiger partial charge in [0.15, 0.2) is 28.5 Å². The number of aromatic amines is 2. The minimum atomic E-state index is -0.186. The Kier molecular flexibility index (Phi) is 34.9. The lowest BCUT2D eigenvalue weighted by molar-refractivity contribution is -0.111. The minimum absolute atomic E-state index is 0.0105. The molecule has 21 rings (SSSR count). The van der Waals surface area contributed by atoms with Crippen LogP contribution in [0, 0.1) is 127 Å². The summed E-state index contributed by atoms with van der Waals surface area (Å²) < 4.78 is 16.0. The average molecular weight is 1960 g/mol. The van der Waals surface area contributed by atoms with Crippen molar-refractivity contribution >= 4 is 92.6 Å².